The highest BCUT2D eigenvalue weighted by Crippen LogP contribution is 2.23. The number of aliphatic imine (C=N–C) groups is 2. The molecule has 0 aromatic heterocycles. The van der Waals surface area contributed by atoms with Gasteiger partial charge in [-0.15, -0.1) is 0 Å². The third kappa shape index (κ3) is 3.23. The predicted molar refractivity (Wildman–Crippen MR) is 75.8 cm³/mol. The Morgan fingerprint density at radius 3 is 2.39 bits per heavy atom. The summed E-state index contributed by atoms with van der Waals surface area (Å²) in [6.45, 7) is 4.04. The normalized spacial score (nSPS) is 16.8. The molecule has 96 valence electrons. The Morgan fingerprint density at radius 1 is 1.22 bits per heavy atom. The Kier molecular flexibility index (Phi) is 3.50. The topological polar surface area (TPSA) is 88.8 Å². The van der Waals surface area contributed by atoms with E-state index >= 15 is 0 Å². The largest absolute Gasteiger partial charge is 0.369 e. The van der Waals surface area contributed by atoms with Crippen molar-refractivity contribution in [1.29, 1.82) is 0 Å². The van der Waals surface area contributed by atoms with Gasteiger partial charge in [-0.3, -0.25) is 0 Å². The average molecular weight is 245 g/mol. The lowest BCUT2D eigenvalue weighted by atomic mass is 10.1. The summed E-state index contributed by atoms with van der Waals surface area (Å²) in [6, 6.07) is 6.39. The molecule has 18 heavy (non-hydrogen) atoms. The number of hydrogen-bond acceptors (Lipinski definition) is 1. The van der Waals surface area contributed by atoms with Crippen molar-refractivity contribution in [3.63, 3.8) is 0 Å². The lowest BCUT2D eigenvalue weighted by Gasteiger charge is -2.11. The van der Waals surface area contributed by atoms with Gasteiger partial charge in [0.2, 0.25) is 11.9 Å². The van der Waals surface area contributed by atoms with Gasteiger partial charge in [-0.05, 0) is 37.8 Å². The van der Waals surface area contributed by atoms with Crippen LogP contribution in [0.15, 0.2) is 28.2 Å². The van der Waals surface area contributed by atoms with E-state index in [-0.39, 0.29) is 11.9 Å². The van der Waals surface area contributed by atoms with E-state index in [1.54, 1.807) is 0 Å². The zero-order chi connectivity index (χ0) is 13.1. The molecule has 0 unspecified atom stereocenters. The summed E-state index contributed by atoms with van der Waals surface area (Å²) < 4.78 is 0. The van der Waals surface area contributed by atoms with Crippen LogP contribution in [0, 0.1) is 13.8 Å². The first kappa shape index (κ1) is 12.4. The number of nitrogens with two attached hydrogens (primary N) is 2. The van der Waals surface area contributed by atoms with E-state index in [1.165, 1.54) is 0 Å². The van der Waals surface area contributed by atoms with Gasteiger partial charge in [0, 0.05) is 5.69 Å². The fourth-order valence-electron chi connectivity index (χ4n) is 1.71. The van der Waals surface area contributed by atoms with Gasteiger partial charge in [-0.1, -0.05) is 18.2 Å². The summed E-state index contributed by atoms with van der Waals surface area (Å²) in [7, 11) is 0. The summed E-state index contributed by atoms with van der Waals surface area (Å²) in [5.41, 5.74) is 14.7. The number of para-hydroxylation sites is 1. The molecule has 5 heteroatoms. The van der Waals surface area contributed by atoms with E-state index in [9.17, 15) is 0 Å². The van der Waals surface area contributed by atoms with E-state index in [0.717, 1.165) is 29.7 Å². The second kappa shape index (κ2) is 5.08. The Bertz CT molecular complexity index is 480. The maximum Gasteiger partial charge on any atom is 0.218 e. The van der Waals surface area contributed by atoms with E-state index in [0.29, 0.717) is 6.04 Å². The van der Waals surface area contributed by atoms with Crippen molar-refractivity contribution in [3.05, 3.63) is 29.3 Å². The maximum atomic E-state index is 5.82. The van der Waals surface area contributed by atoms with Crippen LogP contribution in [0.5, 0.6) is 0 Å². The molecule has 1 aliphatic rings. The Labute approximate surface area is 107 Å². The van der Waals surface area contributed by atoms with E-state index < -0.39 is 0 Å². The highest BCUT2D eigenvalue weighted by Gasteiger charge is 2.20. The second-order valence-corrected chi connectivity index (χ2v) is 4.61. The number of nitrogens with zero attached hydrogens (tertiary/aromatic N) is 2. The molecule has 0 radical (unpaired) electrons. The zero-order valence-corrected chi connectivity index (χ0v) is 10.8. The van der Waals surface area contributed by atoms with Crippen molar-refractivity contribution in [2.45, 2.75) is 32.7 Å². The lowest BCUT2D eigenvalue weighted by Crippen LogP contribution is -2.27. The number of hydrogen-bond donors (Lipinski definition) is 3. The predicted octanol–water partition coefficient (Wildman–Crippen LogP) is 1.51. The first-order chi connectivity index (χ1) is 8.56. The van der Waals surface area contributed by atoms with Gasteiger partial charge in [0.1, 0.15) is 0 Å². The van der Waals surface area contributed by atoms with Gasteiger partial charge in [-0.25, -0.2) is 4.99 Å². The van der Waals surface area contributed by atoms with Crippen LogP contribution in [0.25, 0.3) is 0 Å². The molecule has 1 aromatic carbocycles. The molecule has 0 aliphatic heterocycles. The summed E-state index contributed by atoms with van der Waals surface area (Å²) in [5, 5.41) is 3.07. The summed E-state index contributed by atoms with van der Waals surface area (Å²) in [6.07, 6.45) is 2.20. The van der Waals surface area contributed by atoms with Crippen molar-refractivity contribution in [1.82, 2.24) is 0 Å². The molecule has 0 saturated heterocycles. The number of nitrogens with one attached hydrogen (secondary N) is 1. The second-order valence-electron chi connectivity index (χ2n) is 4.61. The van der Waals surface area contributed by atoms with Crippen molar-refractivity contribution in [2.75, 3.05) is 5.32 Å². The molecule has 0 heterocycles. The van der Waals surface area contributed by atoms with Crippen LogP contribution < -0.4 is 16.8 Å². The molecule has 1 saturated carbocycles. The fourth-order valence-corrected chi connectivity index (χ4v) is 1.71. The molecule has 1 aliphatic carbocycles. The summed E-state index contributed by atoms with van der Waals surface area (Å²) in [5.74, 6) is 0.517. The smallest absolute Gasteiger partial charge is 0.218 e. The van der Waals surface area contributed by atoms with Gasteiger partial charge in [0.25, 0.3) is 0 Å². The van der Waals surface area contributed by atoms with Gasteiger partial charge in [0.15, 0.2) is 0 Å². The van der Waals surface area contributed by atoms with Crippen LogP contribution in [0.1, 0.15) is 24.0 Å². The third-order valence-corrected chi connectivity index (χ3v) is 2.83. The molecule has 1 aromatic rings. The quantitative estimate of drug-likeness (QED) is 0.545. The van der Waals surface area contributed by atoms with Crippen molar-refractivity contribution in [2.24, 2.45) is 21.5 Å². The van der Waals surface area contributed by atoms with Gasteiger partial charge in [0.05, 0.1) is 6.04 Å². The SMILES string of the molecule is Cc1cccc(C)c1NC(N)=NC(N)=NC1CC1. The Balaban J connectivity index is 2.10. The Hall–Kier alpha value is -2.04. The van der Waals surface area contributed by atoms with E-state index in [2.05, 4.69) is 15.3 Å². The number of aryl methyl sites for hydroxylation is 2. The minimum absolute atomic E-state index is 0.244. The fraction of sp³-hybridized carbons (Fsp3) is 0.385. The maximum absolute atomic E-state index is 5.82. The first-order valence-electron chi connectivity index (χ1n) is 6.07. The number of benzene rings is 1. The molecule has 0 amide bonds. The molecule has 5 nitrogen and oxygen atoms in total. The first-order valence-corrected chi connectivity index (χ1v) is 6.07. The standard InChI is InChI=1S/C13H19N5/c1-8-4-3-5-9(2)11(8)17-13(15)18-12(14)16-10-6-7-10/h3-5,10H,6-7H2,1-2H3,(H5,14,15,16,17,18). The molecular weight excluding hydrogens is 226 g/mol. The van der Waals surface area contributed by atoms with Gasteiger partial charge >= 0.3 is 0 Å². The zero-order valence-electron chi connectivity index (χ0n) is 10.8. The highest BCUT2D eigenvalue weighted by atomic mass is 15.2. The molecule has 0 spiro atoms. The van der Waals surface area contributed by atoms with Crippen LogP contribution in [0.2, 0.25) is 0 Å². The van der Waals surface area contributed by atoms with Gasteiger partial charge < -0.3 is 16.8 Å². The summed E-state index contributed by atoms with van der Waals surface area (Å²) in [4.78, 5) is 8.25. The van der Waals surface area contributed by atoms with E-state index in [1.807, 2.05) is 32.0 Å². The summed E-state index contributed by atoms with van der Waals surface area (Å²) >= 11 is 0. The van der Waals surface area contributed by atoms with Crippen LogP contribution in [-0.2, 0) is 0 Å². The molecule has 1 fully saturated rings. The van der Waals surface area contributed by atoms with Crippen molar-refractivity contribution in [3.8, 4) is 0 Å². The molecule has 2 rings (SSSR count). The van der Waals surface area contributed by atoms with Crippen molar-refractivity contribution < 1.29 is 0 Å². The minimum Gasteiger partial charge on any atom is -0.369 e. The van der Waals surface area contributed by atoms with Crippen LogP contribution in [0.4, 0.5) is 5.69 Å². The molecule has 5 N–H and O–H groups in total. The Morgan fingerprint density at radius 2 is 1.83 bits per heavy atom. The van der Waals surface area contributed by atoms with Crippen LogP contribution in [-0.4, -0.2) is 18.0 Å². The third-order valence-electron chi connectivity index (χ3n) is 2.83. The number of guanidine groups is 2. The molecule has 0 atom stereocenters. The monoisotopic (exact) mass is 245 g/mol. The van der Waals surface area contributed by atoms with Gasteiger partial charge in [-0.2, -0.15) is 4.99 Å². The van der Waals surface area contributed by atoms with Crippen molar-refractivity contribution >= 4 is 17.6 Å². The molecule has 0 bridgehead atoms. The lowest BCUT2D eigenvalue weighted by molar-refractivity contribution is 1.05. The number of rotatable bonds is 2. The number of anilines is 1. The molecular formula is C13H19N5. The minimum atomic E-state index is 0.244. The van der Waals surface area contributed by atoms with E-state index in [4.69, 9.17) is 11.5 Å². The highest BCUT2D eigenvalue weighted by molar-refractivity contribution is 6.01. The van der Waals surface area contributed by atoms with Crippen LogP contribution >= 0.6 is 0 Å². The van der Waals surface area contributed by atoms with Crippen LogP contribution in [0.3, 0.4) is 0 Å². The average Bonchev–Trinajstić information content (AvgIpc) is 3.07.